The van der Waals surface area contributed by atoms with Crippen molar-refractivity contribution in [1.82, 2.24) is 5.32 Å². The molecule has 0 saturated heterocycles. The minimum absolute atomic E-state index is 0.270. The first kappa shape index (κ1) is 14.2. The number of halogens is 1. The molecule has 2 rings (SSSR count). The van der Waals surface area contributed by atoms with E-state index in [0.717, 1.165) is 5.56 Å². The summed E-state index contributed by atoms with van der Waals surface area (Å²) in [5.41, 5.74) is 0.776. The average molecular weight is 277 g/mol. The molecule has 1 aromatic rings. The highest BCUT2D eigenvalue weighted by atomic mass is 19.1. The topological polar surface area (TPSA) is 66.4 Å². The molecule has 106 valence electrons. The third-order valence-corrected chi connectivity index (χ3v) is 3.47. The van der Waals surface area contributed by atoms with Crippen LogP contribution in [0.15, 0.2) is 36.4 Å². The molecule has 0 saturated carbocycles. The third-order valence-electron chi connectivity index (χ3n) is 3.47. The van der Waals surface area contributed by atoms with Gasteiger partial charge in [-0.1, -0.05) is 24.3 Å². The summed E-state index contributed by atoms with van der Waals surface area (Å²) in [6, 6.07) is 5.83. The van der Waals surface area contributed by atoms with E-state index in [1.54, 1.807) is 18.2 Å². The largest absolute Gasteiger partial charge is 0.481 e. The molecule has 1 aliphatic carbocycles. The first-order valence-electron chi connectivity index (χ1n) is 6.48. The predicted octanol–water partition coefficient (Wildman–Crippen LogP) is 2.11. The van der Waals surface area contributed by atoms with Gasteiger partial charge in [-0.15, -0.1) is 0 Å². The summed E-state index contributed by atoms with van der Waals surface area (Å²) in [5, 5.41) is 11.8. The summed E-state index contributed by atoms with van der Waals surface area (Å²) in [4.78, 5) is 23.2. The van der Waals surface area contributed by atoms with Gasteiger partial charge in [0.1, 0.15) is 5.82 Å². The summed E-state index contributed by atoms with van der Waals surface area (Å²) >= 11 is 0. The number of carboxylic acid groups (broad SMARTS) is 1. The molecule has 0 aromatic heterocycles. The molecule has 0 aliphatic heterocycles. The lowest BCUT2D eigenvalue weighted by atomic mass is 9.82. The normalized spacial score (nSPS) is 21.4. The first-order valence-corrected chi connectivity index (χ1v) is 6.48. The zero-order valence-electron chi connectivity index (χ0n) is 10.9. The van der Waals surface area contributed by atoms with Crippen molar-refractivity contribution in [3.8, 4) is 0 Å². The number of hydrogen-bond donors (Lipinski definition) is 2. The van der Waals surface area contributed by atoms with E-state index in [9.17, 15) is 14.0 Å². The molecule has 20 heavy (non-hydrogen) atoms. The fourth-order valence-corrected chi connectivity index (χ4v) is 2.30. The molecule has 0 spiro atoms. The predicted molar refractivity (Wildman–Crippen MR) is 71.2 cm³/mol. The molecule has 0 fully saturated rings. The molecular formula is C15H16FNO3. The number of amides is 1. The molecule has 1 amide bonds. The molecule has 1 aliphatic rings. The number of aliphatic carboxylic acids is 1. The Morgan fingerprint density at radius 1 is 1.15 bits per heavy atom. The van der Waals surface area contributed by atoms with Gasteiger partial charge in [0.15, 0.2) is 0 Å². The van der Waals surface area contributed by atoms with Crippen LogP contribution in [0.4, 0.5) is 4.39 Å². The van der Waals surface area contributed by atoms with Crippen LogP contribution in [0.5, 0.6) is 0 Å². The van der Waals surface area contributed by atoms with Crippen LogP contribution < -0.4 is 5.32 Å². The number of allylic oxidation sites excluding steroid dienone is 2. The van der Waals surface area contributed by atoms with Gasteiger partial charge >= 0.3 is 5.97 Å². The Hall–Kier alpha value is -2.17. The van der Waals surface area contributed by atoms with E-state index >= 15 is 0 Å². The third kappa shape index (κ3) is 3.44. The molecule has 0 unspecified atom stereocenters. The fraction of sp³-hybridized carbons (Fsp3) is 0.333. The minimum atomic E-state index is -0.948. The fourth-order valence-electron chi connectivity index (χ4n) is 2.30. The summed E-state index contributed by atoms with van der Waals surface area (Å²) in [5.74, 6) is -2.77. The number of carbonyl (C=O) groups excluding carboxylic acids is 1. The quantitative estimate of drug-likeness (QED) is 0.828. The number of carbonyl (C=O) groups is 2. The van der Waals surface area contributed by atoms with Gasteiger partial charge in [0.05, 0.1) is 11.8 Å². The van der Waals surface area contributed by atoms with Crippen LogP contribution in [-0.4, -0.2) is 17.0 Å². The standard InChI is InChI=1S/C15H16FNO3/c16-11-7-5-10(6-8-11)9-17-14(18)12-3-1-2-4-13(12)15(19)20/h1-2,5-8,12-13H,3-4,9H2,(H,17,18)(H,19,20)/t12-,13+/m1/s1. The van der Waals surface area contributed by atoms with Crippen LogP contribution in [0.3, 0.4) is 0 Å². The zero-order valence-corrected chi connectivity index (χ0v) is 10.9. The second-order valence-corrected chi connectivity index (χ2v) is 4.84. The maximum atomic E-state index is 12.8. The van der Waals surface area contributed by atoms with Crippen LogP contribution in [0, 0.1) is 17.7 Å². The van der Waals surface area contributed by atoms with E-state index < -0.39 is 17.8 Å². The number of hydrogen-bond acceptors (Lipinski definition) is 2. The van der Waals surface area contributed by atoms with Gasteiger partial charge in [-0.3, -0.25) is 9.59 Å². The molecule has 1 aromatic carbocycles. The Morgan fingerprint density at radius 3 is 2.35 bits per heavy atom. The maximum absolute atomic E-state index is 12.8. The minimum Gasteiger partial charge on any atom is -0.481 e. The summed E-state index contributed by atoms with van der Waals surface area (Å²) in [7, 11) is 0. The van der Waals surface area contributed by atoms with E-state index in [-0.39, 0.29) is 18.3 Å². The second kappa shape index (κ2) is 6.32. The average Bonchev–Trinajstić information content (AvgIpc) is 2.46. The van der Waals surface area contributed by atoms with Crippen molar-refractivity contribution in [3.63, 3.8) is 0 Å². The molecule has 0 bridgehead atoms. The van der Waals surface area contributed by atoms with Gasteiger partial charge in [-0.05, 0) is 30.5 Å². The molecule has 2 N–H and O–H groups in total. The van der Waals surface area contributed by atoms with Gasteiger partial charge in [-0.25, -0.2) is 4.39 Å². The lowest BCUT2D eigenvalue weighted by molar-refractivity contribution is -0.147. The van der Waals surface area contributed by atoms with Crippen LogP contribution in [-0.2, 0) is 16.1 Å². The number of nitrogens with one attached hydrogen (secondary N) is 1. The van der Waals surface area contributed by atoms with E-state index in [1.807, 2.05) is 6.08 Å². The summed E-state index contributed by atoms with van der Waals surface area (Å²) in [6.45, 7) is 0.270. The highest BCUT2D eigenvalue weighted by Crippen LogP contribution is 2.26. The molecule has 5 heteroatoms. The smallest absolute Gasteiger partial charge is 0.307 e. The van der Waals surface area contributed by atoms with Crippen LogP contribution in [0.25, 0.3) is 0 Å². The number of benzene rings is 1. The van der Waals surface area contributed by atoms with Crippen LogP contribution in [0.2, 0.25) is 0 Å². The van der Waals surface area contributed by atoms with Crippen molar-refractivity contribution >= 4 is 11.9 Å². The van der Waals surface area contributed by atoms with Gasteiger partial charge in [0, 0.05) is 6.54 Å². The zero-order chi connectivity index (χ0) is 14.5. The molecule has 2 atom stereocenters. The van der Waals surface area contributed by atoms with Gasteiger partial charge < -0.3 is 10.4 Å². The van der Waals surface area contributed by atoms with Gasteiger partial charge in [0.25, 0.3) is 0 Å². The lowest BCUT2D eigenvalue weighted by Crippen LogP contribution is -2.38. The van der Waals surface area contributed by atoms with Gasteiger partial charge in [-0.2, -0.15) is 0 Å². The van der Waals surface area contributed by atoms with Crippen molar-refractivity contribution in [3.05, 3.63) is 47.8 Å². The molecular weight excluding hydrogens is 261 g/mol. The number of rotatable bonds is 4. The van der Waals surface area contributed by atoms with E-state index in [1.165, 1.54) is 12.1 Å². The maximum Gasteiger partial charge on any atom is 0.307 e. The first-order chi connectivity index (χ1) is 9.58. The van der Waals surface area contributed by atoms with E-state index in [4.69, 9.17) is 5.11 Å². The Morgan fingerprint density at radius 2 is 1.75 bits per heavy atom. The lowest BCUT2D eigenvalue weighted by Gasteiger charge is -2.24. The molecule has 0 radical (unpaired) electrons. The van der Waals surface area contributed by atoms with Crippen molar-refractivity contribution in [2.75, 3.05) is 0 Å². The van der Waals surface area contributed by atoms with E-state index in [2.05, 4.69) is 5.32 Å². The molecule has 0 heterocycles. The van der Waals surface area contributed by atoms with E-state index in [0.29, 0.717) is 12.8 Å². The molecule has 4 nitrogen and oxygen atoms in total. The summed E-state index contributed by atoms with van der Waals surface area (Å²) in [6.07, 6.45) is 4.44. The Bertz CT molecular complexity index is 524. The summed E-state index contributed by atoms with van der Waals surface area (Å²) < 4.78 is 12.8. The van der Waals surface area contributed by atoms with Crippen molar-refractivity contribution < 1.29 is 19.1 Å². The van der Waals surface area contributed by atoms with Crippen LogP contribution >= 0.6 is 0 Å². The second-order valence-electron chi connectivity index (χ2n) is 4.84. The highest BCUT2D eigenvalue weighted by molar-refractivity contribution is 5.85. The highest BCUT2D eigenvalue weighted by Gasteiger charge is 2.33. The van der Waals surface area contributed by atoms with Gasteiger partial charge in [0.2, 0.25) is 5.91 Å². The Kier molecular flexibility index (Phi) is 4.50. The Balaban J connectivity index is 1.95. The van der Waals surface area contributed by atoms with Crippen molar-refractivity contribution in [2.24, 2.45) is 11.8 Å². The Labute approximate surface area is 116 Å². The van der Waals surface area contributed by atoms with Crippen molar-refractivity contribution in [2.45, 2.75) is 19.4 Å². The van der Waals surface area contributed by atoms with Crippen molar-refractivity contribution in [1.29, 1.82) is 0 Å². The monoisotopic (exact) mass is 277 g/mol. The number of carboxylic acids is 1. The van der Waals surface area contributed by atoms with Crippen LogP contribution in [0.1, 0.15) is 18.4 Å². The SMILES string of the molecule is O=C(O)[C@H]1CC=CC[C@H]1C(=O)NCc1ccc(F)cc1.